The molecule has 1 rings (SSSR count). The maximum absolute atomic E-state index is 10.7. The van der Waals surface area contributed by atoms with Gasteiger partial charge in [0.05, 0.1) is 12.7 Å². The number of aliphatic hydroxyl groups excluding tert-OH is 1. The lowest BCUT2D eigenvalue weighted by Gasteiger charge is -2.23. The highest BCUT2D eigenvalue weighted by atomic mass is 32.2. The maximum Gasteiger partial charge on any atom is 0.302 e. The molecule has 1 heterocycles. The van der Waals surface area contributed by atoms with Crippen molar-refractivity contribution in [1.29, 1.82) is 0 Å². The van der Waals surface area contributed by atoms with Crippen LogP contribution in [0, 0.1) is 0 Å². The number of hydrogen-bond donors (Lipinski definition) is 1. The molecule has 0 aromatic carbocycles. The van der Waals surface area contributed by atoms with E-state index in [-0.39, 0.29) is 16.8 Å². The van der Waals surface area contributed by atoms with Crippen molar-refractivity contribution in [3.05, 3.63) is 0 Å². The van der Waals surface area contributed by atoms with Gasteiger partial charge in [-0.1, -0.05) is 6.92 Å². The van der Waals surface area contributed by atoms with E-state index in [4.69, 9.17) is 4.74 Å². The van der Waals surface area contributed by atoms with E-state index >= 15 is 0 Å². The van der Waals surface area contributed by atoms with Gasteiger partial charge >= 0.3 is 5.97 Å². The first-order valence-corrected chi connectivity index (χ1v) is 6.78. The van der Waals surface area contributed by atoms with Crippen molar-refractivity contribution in [3.8, 4) is 0 Å². The van der Waals surface area contributed by atoms with Gasteiger partial charge in [-0.15, -0.1) is 0 Å². The number of aliphatic hydroxyl groups is 1. The van der Waals surface area contributed by atoms with Gasteiger partial charge in [0.25, 0.3) is 0 Å². The average Bonchev–Trinajstić information content (AvgIpc) is 2.45. The van der Waals surface area contributed by atoms with E-state index in [2.05, 4.69) is 6.92 Å². The summed E-state index contributed by atoms with van der Waals surface area (Å²) in [5.74, 6) is -0.202. The van der Waals surface area contributed by atoms with Gasteiger partial charge in [0, 0.05) is 16.9 Å². The van der Waals surface area contributed by atoms with Crippen molar-refractivity contribution in [2.45, 2.75) is 62.6 Å². The monoisotopic (exact) mass is 246 g/mol. The zero-order valence-electron chi connectivity index (χ0n) is 10.4. The minimum Gasteiger partial charge on any atom is -0.466 e. The minimum atomic E-state index is -0.215. The quantitative estimate of drug-likeness (QED) is 0.757. The summed E-state index contributed by atoms with van der Waals surface area (Å²) in [6, 6.07) is 0. The van der Waals surface area contributed by atoms with Crippen molar-refractivity contribution in [2.75, 3.05) is 6.61 Å². The smallest absolute Gasteiger partial charge is 0.302 e. The van der Waals surface area contributed by atoms with E-state index in [0.29, 0.717) is 11.9 Å². The first kappa shape index (κ1) is 13.8. The van der Waals surface area contributed by atoms with Crippen LogP contribution in [0.2, 0.25) is 0 Å². The molecule has 3 atom stereocenters. The first-order valence-electron chi connectivity index (χ1n) is 5.90. The van der Waals surface area contributed by atoms with Crippen LogP contribution in [-0.4, -0.2) is 33.8 Å². The zero-order valence-corrected chi connectivity index (χ0v) is 11.2. The van der Waals surface area contributed by atoms with Crippen molar-refractivity contribution in [1.82, 2.24) is 0 Å². The molecule has 0 radical (unpaired) electrons. The number of esters is 1. The van der Waals surface area contributed by atoms with E-state index in [1.807, 2.05) is 18.7 Å². The number of thioether (sulfide) groups is 1. The van der Waals surface area contributed by atoms with Crippen LogP contribution in [0.4, 0.5) is 0 Å². The molecule has 16 heavy (non-hydrogen) atoms. The maximum atomic E-state index is 10.7. The molecule has 0 saturated carbocycles. The Kier molecular flexibility index (Phi) is 5.12. The van der Waals surface area contributed by atoms with Gasteiger partial charge in [-0.05, 0) is 32.6 Å². The Labute approximate surface area is 102 Å². The fourth-order valence-corrected chi connectivity index (χ4v) is 3.98. The van der Waals surface area contributed by atoms with Gasteiger partial charge in [0.2, 0.25) is 0 Å². The molecular weight excluding hydrogens is 224 g/mol. The Morgan fingerprint density at radius 1 is 1.69 bits per heavy atom. The molecule has 0 aliphatic carbocycles. The van der Waals surface area contributed by atoms with Crippen LogP contribution < -0.4 is 0 Å². The molecule has 1 aliphatic rings. The number of rotatable bonds is 5. The lowest BCUT2D eigenvalue weighted by atomic mass is 9.99. The SMILES string of the molecule is CC(=O)OCCC1(C)CCC(CC(C)O)S1. The van der Waals surface area contributed by atoms with Gasteiger partial charge in [0.15, 0.2) is 0 Å². The summed E-state index contributed by atoms with van der Waals surface area (Å²) in [4.78, 5) is 10.7. The van der Waals surface area contributed by atoms with E-state index in [1.165, 1.54) is 6.92 Å². The number of carbonyl (C=O) groups excluding carboxylic acids is 1. The Morgan fingerprint density at radius 3 is 2.94 bits per heavy atom. The molecule has 1 fully saturated rings. The van der Waals surface area contributed by atoms with Crippen LogP contribution in [0.5, 0.6) is 0 Å². The van der Waals surface area contributed by atoms with E-state index in [9.17, 15) is 9.90 Å². The average molecular weight is 246 g/mol. The highest BCUT2D eigenvalue weighted by Crippen LogP contribution is 2.46. The van der Waals surface area contributed by atoms with Crippen molar-refractivity contribution >= 4 is 17.7 Å². The van der Waals surface area contributed by atoms with Crippen LogP contribution in [0.15, 0.2) is 0 Å². The predicted molar refractivity (Wildman–Crippen MR) is 66.6 cm³/mol. The molecule has 3 unspecified atom stereocenters. The van der Waals surface area contributed by atoms with Crippen LogP contribution in [0.1, 0.15) is 46.5 Å². The minimum absolute atomic E-state index is 0.202. The Bertz CT molecular complexity index is 242. The van der Waals surface area contributed by atoms with Crippen LogP contribution in [0.3, 0.4) is 0 Å². The summed E-state index contributed by atoms with van der Waals surface area (Å²) < 4.78 is 5.20. The second-order valence-corrected chi connectivity index (χ2v) is 6.79. The van der Waals surface area contributed by atoms with Crippen LogP contribution >= 0.6 is 11.8 Å². The second-order valence-electron chi connectivity index (χ2n) is 4.90. The molecule has 0 bridgehead atoms. The summed E-state index contributed by atoms with van der Waals surface area (Å²) in [5, 5.41) is 9.91. The molecule has 94 valence electrons. The third kappa shape index (κ3) is 4.74. The Hall–Kier alpha value is -0.220. The summed E-state index contributed by atoms with van der Waals surface area (Å²) in [5.41, 5.74) is 0. The second kappa shape index (κ2) is 5.92. The largest absolute Gasteiger partial charge is 0.466 e. The van der Waals surface area contributed by atoms with Crippen LogP contribution in [0.25, 0.3) is 0 Å². The lowest BCUT2D eigenvalue weighted by Crippen LogP contribution is -2.20. The molecule has 1 saturated heterocycles. The van der Waals surface area contributed by atoms with Crippen molar-refractivity contribution in [2.24, 2.45) is 0 Å². The van der Waals surface area contributed by atoms with E-state index in [1.54, 1.807) is 0 Å². The van der Waals surface area contributed by atoms with E-state index in [0.717, 1.165) is 25.7 Å². The summed E-state index contributed by atoms with van der Waals surface area (Å²) >= 11 is 1.94. The fourth-order valence-electron chi connectivity index (χ4n) is 2.13. The highest BCUT2D eigenvalue weighted by Gasteiger charge is 2.35. The number of ether oxygens (including phenoxy) is 1. The molecule has 1 aliphatic heterocycles. The van der Waals surface area contributed by atoms with E-state index < -0.39 is 0 Å². The molecule has 0 spiro atoms. The molecule has 4 heteroatoms. The number of hydrogen-bond acceptors (Lipinski definition) is 4. The van der Waals surface area contributed by atoms with Gasteiger partial charge in [-0.2, -0.15) is 11.8 Å². The van der Waals surface area contributed by atoms with Gasteiger partial charge in [-0.3, -0.25) is 4.79 Å². The highest BCUT2D eigenvalue weighted by molar-refractivity contribution is 8.01. The molecule has 1 N–H and O–H groups in total. The summed E-state index contributed by atoms with van der Waals surface area (Å²) in [7, 11) is 0. The molecule has 0 aromatic heterocycles. The molecule has 3 nitrogen and oxygen atoms in total. The lowest BCUT2D eigenvalue weighted by molar-refractivity contribution is -0.141. The molecule has 0 amide bonds. The summed E-state index contributed by atoms with van der Waals surface area (Å²) in [6.45, 7) is 6.03. The van der Waals surface area contributed by atoms with Gasteiger partial charge in [0.1, 0.15) is 0 Å². The predicted octanol–water partition coefficient (Wildman–Crippen LogP) is 2.36. The Morgan fingerprint density at radius 2 is 2.38 bits per heavy atom. The molecular formula is C12H22O3S. The topological polar surface area (TPSA) is 46.5 Å². The van der Waals surface area contributed by atoms with Gasteiger partial charge < -0.3 is 9.84 Å². The van der Waals surface area contributed by atoms with Gasteiger partial charge in [-0.25, -0.2) is 0 Å². The third-order valence-electron chi connectivity index (χ3n) is 2.99. The normalized spacial score (nSPS) is 31.4. The standard InChI is InChI=1S/C12H22O3S/c1-9(13)8-11-4-5-12(3,16-11)6-7-15-10(2)14/h9,11,13H,4-8H2,1-3H3. The fraction of sp³-hybridized carbons (Fsp3) is 0.917. The Balaban J connectivity index is 2.28. The van der Waals surface area contributed by atoms with Crippen molar-refractivity contribution < 1.29 is 14.6 Å². The number of carbonyl (C=O) groups is 1. The summed E-state index contributed by atoms with van der Waals surface area (Å²) in [6.07, 6.45) is 3.87. The zero-order chi connectivity index (χ0) is 12.2. The third-order valence-corrected chi connectivity index (χ3v) is 4.73. The van der Waals surface area contributed by atoms with Crippen molar-refractivity contribution in [3.63, 3.8) is 0 Å². The van der Waals surface area contributed by atoms with Crippen LogP contribution in [-0.2, 0) is 9.53 Å². The first-order chi connectivity index (χ1) is 7.41. The molecule has 0 aromatic rings.